The van der Waals surface area contributed by atoms with E-state index in [0.717, 1.165) is 61.4 Å². The van der Waals surface area contributed by atoms with E-state index < -0.39 is 0 Å². The van der Waals surface area contributed by atoms with Gasteiger partial charge in [-0.1, -0.05) is 133 Å². The zero-order chi connectivity index (χ0) is 36.9. The van der Waals surface area contributed by atoms with Gasteiger partial charge in [0, 0.05) is 32.8 Å². The largest absolute Gasteiger partial charge is 0.437 e. The quantitative estimate of drug-likeness (QED) is 0.178. The second kappa shape index (κ2) is 10.6. The minimum atomic E-state index is 0.279. The van der Waals surface area contributed by atoms with E-state index in [1.165, 1.54) is 60.5 Å². The number of hydrogen-bond donors (Lipinski definition) is 0. The minimum Gasteiger partial charge on any atom is -0.437 e. The second-order valence-electron chi connectivity index (χ2n) is 15.6. The summed E-state index contributed by atoms with van der Waals surface area (Å²) < 4.78 is 11.3. The van der Waals surface area contributed by atoms with Gasteiger partial charge >= 0.3 is 0 Å². The standard InChI is InChI=1S/C52H30N4O/c1-4-16-32-29(13-1)25-26-35-38-27-30-14-2-3-15-31(30)39-28-43-47(49(45(32)35)46(38)39)36-19-7-11-23-42(36)55(43)50-48-37-20-8-12-24-44(37)57-51(48)54-52(53-50)56-40-21-9-5-17-33(40)34-18-6-10-22-41(34)56/h1-26,28,38H,27H2. The molecule has 0 aliphatic heterocycles. The maximum Gasteiger partial charge on any atom is 0.240 e. The average Bonchev–Trinajstić information content (AvgIpc) is 4.00. The van der Waals surface area contributed by atoms with Crippen molar-refractivity contribution in [1.29, 1.82) is 0 Å². The number of benzene rings is 8. The Hall–Kier alpha value is -7.50. The molecule has 57 heavy (non-hydrogen) atoms. The van der Waals surface area contributed by atoms with Crippen LogP contribution in [-0.4, -0.2) is 19.1 Å². The van der Waals surface area contributed by atoms with Gasteiger partial charge in [-0.05, 0) is 86.5 Å². The molecule has 264 valence electrons. The minimum absolute atomic E-state index is 0.279. The van der Waals surface area contributed by atoms with Crippen LogP contribution in [0.4, 0.5) is 0 Å². The number of furan rings is 1. The third-order valence-electron chi connectivity index (χ3n) is 12.9. The van der Waals surface area contributed by atoms with Crippen LogP contribution in [0.25, 0.3) is 110 Å². The lowest BCUT2D eigenvalue weighted by atomic mass is 9.77. The van der Waals surface area contributed by atoms with Crippen LogP contribution in [0.15, 0.2) is 168 Å². The molecule has 8 aromatic carbocycles. The van der Waals surface area contributed by atoms with E-state index in [1.54, 1.807) is 0 Å². The fourth-order valence-corrected chi connectivity index (χ4v) is 10.6. The monoisotopic (exact) mass is 726 g/mol. The second-order valence-corrected chi connectivity index (χ2v) is 15.6. The number of nitrogens with zero attached hydrogens (tertiary/aromatic N) is 4. The van der Waals surface area contributed by atoms with Gasteiger partial charge in [-0.15, -0.1) is 0 Å². The first kappa shape index (κ1) is 29.8. The summed E-state index contributed by atoms with van der Waals surface area (Å²) >= 11 is 0. The van der Waals surface area contributed by atoms with Gasteiger partial charge < -0.3 is 4.42 Å². The van der Waals surface area contributed by atoms with Crippen LogP contribution >= 0.6 is 0 Å². The van der Waals surface area contributed by atoms with Crippen molar-refractivity contribution in [2.75, 3.05) is 0 Å². The van der Waals surface area contributed by atoms with E-state index in [2.05, 4.69) is 161 Å². The summed E-state index contributed by atoms with van der Waals surface area (Å²) in [5.41, 5.74) is 15.3. The van der Waals surface area contributed by atoms with E-state index in [1.807, 2.05) is 12.1 Å². The van der Waals surface area contributed by atoms with Crippen molar-refractivity contribution >= 4 is 76.5 Å². The fraction of sp³-hybridized carbons (Fsp3) is 0.0385. The predicted molar refractivity (Wildman–Crippen MR) is 232 cm³/mol. The summed E-state index contributed by atoms with van der Waals surface area (Å²) in [6.45, 7) is 0. The lowest BCUT2D eigenvalue weighted by molar-refractivity contribution is 0.650. The SMILES string of the molecule is c1ccc2c(c1)CC1c3ccc4ccccc4c3-c3c1c-2cc1c3c2ccccc2n1-c1nc(-n2c3ccccc3c3ccccc32)nc2oc3ccccc3c12. The van der Waals surface area contributed by atoms with Crippen molar-refractivity contribution < 1.29 is 4.42 Å². The molecule has 2 aliphatic rings. The highest BCUT2D eigenvalue weighted by Gasteiger charge is 2.39. The summed E-state index contributed by atoms with van der Waals surface area (Å²) in [6.07, 6.45) is 0.987. The molecule has 4 aromatic heterocycles. The normalized spacial score (nSPS) is 14.4. The molecule has 5 heteroatoms. The van der Waals surface area contributed by atoms with Crippen LogP contribution in [0.3, 0.4) is 0 Å². The Bertz CT molecular complexity index is 3700. The molecule has 0 fully saturated rings. The highest BCUT2D eigenvalue weighted by Crippen LogP contribution is 2.59. The molecular formula is C52H30N4O. The fourth-order valence-electron chi connectivity index (χ4n) is 10.6. The Kier molecular flexibility index (Phi) is 5.55. The number of rotatable bonds is 2. The van der Waals surface area contributed by atoms with Crippen LogP contribution in [-0.2, 0) is 6.42 Å². The zero-order valence-electron chi connectivity index (χ0n) is 30.6. The number of para-hydroxylation sites is 4. The summed E-state index contributed by atoms with van der Waals surface area (Å²) in [7, 11) is 0. The highest BCUT2D eigenvalue weighted by atomic mass is 16.3. The zero-order valence-corrected chi connectivity index (χ0v) is 30.6. The summed E-state index contributed by atoms with van der Waals surface area (Å²) in [5.74, 6) is 1.66. The summed E-state index contributed by atoms with van der Waals surface area (Å²) in [5, 5.41) is 9.26. The first-order chi connectivity index (χ1) is 28.3. The number of hydrogen-bond acceptors (Lipinski definition) is 3. The lowest BCUT2D eigenvalue weighted by Gasteiger charge is -2.26. The Morgan fingerprint density at radius 2 is 1.14 bits per heavy atom. The molecule has 0 saturated carbocycles. The number of aromatic nitrogens is 4. The molecule has 0 radical (unpaired) electrons. The molecule has 0 N–H and O–H groups in total. The molecule has 0 bridgehead atoms. The van der Waals surface area contributed by atoms with Crippen LogP contribution in [0.1, 0.15) is 22.6 Å². The van der Waals surface area contributed by atoms with Gasteiger partial charge in [0.1, 0.15) is 5.58 Å². The van der Waals surface area contributed by atoms with Crippen LogP contribution in [0, 0.1) is 0 Å². The molecule has 14 rings (SSSR count). The van der Waals surface area contributed by atoms with E-state index in [-0.39, 0.29) is 5.92 Å². The molecule has 1 unspecified atom stereocenters. The summed E-state index contributed by atoms with van der Waals surface area (Å²) in [4.78, 5) is 10.9. The van der Waals surface area contributed by atoms with Crippen molar-refractivity contribution in [3.8, 4) is 34.0 Å². The van der Waals surface area contributed by atoms with Crippen LogP contribution in [0.2, 0.25) is 0 Å². The Balaban J connectivity index is 1.20. The molecule has 5 nitrogen and oxygen atoms in total. The van der Waals surface area contributed by atoms with Crippen molar-refractivity contribution in [2.45, 2.75) is 12.3 Å². The third-order valence-corrected chi connectivity index (χ3v) is 12.9. The smallest absolute Gasteiger partial charge is 0.240 e. The van der Waals surface area contributed by atoms with Crippen molar-refractivity contribution in [3.05, 3.63) is 180 Å². The Morgan fingerprint density at radius 1 is 0.491 bits per heavy atom. The van der Waals surface area contributed by atoms with Crippen molar-refractivity contribution in [2.24, 2.45) is 0 Å². The molecule has 0 saturated heterocycles. The molecule has 12 aromatic rings. The third kappa shape index (κ3) is 3.74. The molecule has 0 spiro atoms. The van der Waals surface area contributed by atoms with E-state index in [4.69, 9.17) is 14.4 Å². The van der Waals surface area contributed by atoms with E-state index >= 15 is 0 Å². The van der Waals surface area contributed by atoms with Gasteiger partial charge in [-0.3, -0.25) is 9.13 Å². The lowest BCUT2D eigenvalue weighted by Crippen LogP contribution is -2.10. The van der Waals surface area contributed by atoms with Crippen LogP contribution < -0.4 is 0 Å². The first-order valence-electron chi connectivity index (χ1n) is 19.7. The van der Waals surface area contributed by atoms with Gasteiger partial charge in [-0.2, -0.15) is 9.97 Å². The predicted octanol–water partition coefficient (Wildman–Crippen LogP) is 13.1. The van der Waals surface area contributed by atoms with Gasteiger partial charge in [-0.25, -0.2) is 0 Å². The molecule has 2 aliphatic carbocycles. The molecule has 4 heterocycles. The molecular weight excluding hydrogens is 697 g/mol. The van der Waals surface area contributed by atoms with Crippen molar-refractivity contribution in [1.82, 2.24) is 19.1 Å². The molecule has 0 amide bonds. The number of fused-ring (bicyclic) bond motifs is 17. The van der Waals surface area contributed by atoms with Crippen LogP contribution in [0.5, 0.6) is 0 Å². The topological polar surface area (TPSA) is 48.8 Å². The van der Waals surface area contributed by atoms with Gasteiger partial charge in [0.2, 0.25) is 11.7 Å². The van der Waals surface area contributed by atoms with Crippen molar-refractivity contribution in [3.63, 3.8) is 0 Å². The Morgan fingerprint density at radius 3 is 1.95 bits per heavy atom. The van der Waals surface area contributed by atoms with E-state index in [9.17, 15) is 0 Å². The summed E-state index contributed by atoms with van der Waals surface area (Å²) in [6, 6.07) is 59.3. The highest BCUT2D eigenvalue weighted by molar-refractivity contribution is 6.23. The van der Waals surface area contributed by atoms with E-state index in [0.29, 0.717) is 11.7 Å². The molecule has 1 atom stereocenters. The van der Waals surface area contributed by atoms with Gasteiger partial charge in [0.25, 0.3) is 0 Å². The average molecular weight is 727 g/mol. The van der Waals surface area contributed by atoms with Gasteiger partial charge in [0.05, 0.1) is 27.5 Å². The first-order valence-corrected chi connectivity index (χ1v) is 19.7. The maximum absolute atomic E-state index is 6.68. The Labute approximate surface area is 325 Å². The van der Waals surface area contributed by atoms with Gasteiger partial charge in [0.15, 0.2) is 5.82 Å². The maximum atomic E-state index is 6.68.